The minimum atomic E-state index is -4.96. The van der Waals surface area contributed by atoms with Crippen molar-refractivity contribution in [2.75, 3.05) is 39.6 Å². The van der Waals surface area contributed by atoms with Gasteiger partial charge in [-0.15, -0.1) is 0 Å². The number of hydrogen-bond acceptors (Lipinski definition) is 15. The number of unbranched alkanes of at least 4 members (excludes halogenated alkanes) is 42. The molecule has 0 saturated carbocycles. The van der Waals surface area contributed by atoms with E-state index in [4.69, 9.17) is 37.0 Å². The van der Waals surface area contributed by atoms with E-state index in [2.05, 4.69) is 52.0 Å². The summed E-state index contributed by atoms with van der Waals surface area (Å²) < 4.78 is 68.2. The Bertz CT molecular complexity index is 1830. The molecule has 3 N–H and O–H groups in total. The molecule has 0 saturated heterocycles. The number of aliphatic hydroxyl groups is 1. The third-order valence-electron chi connectivity index (χ3n) is 16.2. The minimum Gasteiger partial charge on any atom is -0.462 e. The van der Waals surface area contributed by atoms with Crippen LogP contribution >= 0.6 is 15.6 Å². The average Bonchev–Trinajstić information content (AvgIpc) is 3.63. The monoisotopic (exact) mass is 1330 g/mol. The quantitative estimate of drug-likeness (QED) is 0.0169. The van der Waals surface area contributed by atoms with E-state index in [0.29, 0.717) is 25.7 Å². The number of carbonyl (C=O) groups excluding carboxylic acids is 4. The summed E-state index contributed by atoms with van der Waals surface area (Å²) in [6.07, 6.45) is 57.7. The first-order valence-electron chi connectivity index (χ1n) is 37.1. The van der Waals surface area contributed by atoms with Gasteiger partial charge in [-0.05, 0) is 51.4 Å². The van der Waals surface area contributed by atoms with Crippen LogP contribution in [-0.4, -0.2) is 96.7 Å². The standard InChI is InChI=1S/C72H136O17P2/c1-5-9-13-17-21-24-27-30-32-33-35-37-40-43-47-51-55-59-72(77)89-68(63-83-70(75)57-53-49-45-41-39-36-34-31-28-25-22-18-14-10-6-2)65-87-91(80,81)85-61-66(73)60-84-90(78,79)86-64-67(62-82-69(74)56-52-48-44-20-16-12-8-4)88-71(76)58-54-50-46-42-38-29-26-23-19-15-11-7-3/h25,28,31,34,66-68,73H,5-24,26-27,29-30,32-33,35-65H2,1-4H3,(H,78,79)(H,80,81)/b28-25-,34-31-/t66-,67+,68+/m0/s1. The summed E-state index contributed by atoms with van der Waals surface area (Å²) in [6, 6.07) is 0. The molecule has 0 aliphatic heterocycles. The SMILES string of the molecule is CCCCCC/C=C\C=C/CCCCCCCC(=O)OC[C@H](COP(=O)(O)OC[C@@H](O)COP(=O)(O)OC[C@@H](COC(=O)CCCCCCCCC)OC(=O)CCCCCCCCCCCCCC)OC(=O)CCCCCCCCCCCCCCCCCCC. The summed E-state index contributed by atoms with van der Waals surface area (Å²) in [5, 5.41) is 10.6. The lowest BCUT2D eigenvalue weighted by Gasteiger charge is -2.21. The minimum absolute atomic E-state index is 0.102. The normalized spacial score (nSPS) is 14.1. The molecular weight excluding hydrogens is 1200 g/mol. The summed E-state index contributed by atoms with van der Waals surface area (Å²) >= 11 is 0. The summed E-state index contributed by atoms with van der Waals surface area (Å²) in [6.45, 7) is 4.85. The first kappa shape index (κ1) is 88.5. The molecule has 0 rings (SSSR count). The lowest BCUT2D eigenvalue weighted by molar-refractivity contribution is -0.161. The molecule has 536 valence electrons. The molecular formula is C72H136O17P2. The van der Waals surface area contributed by atoms with Crippen LogP contribution in [0, 0.1) is 0 Å². The van der Waals surface area contributed by atoms with Crippen molar-refractivity contribution in [2.24, 2.45) is 0 Å². The first-order valence-corrected chi connectivity index (χ1v) is 40.1. The lowest BCUT2D eigenvalue weighted by Crippen LogP contribution is -2.30. The van der Waals surface area contributed by atoms with Gasteiger partial charge in [-0.2, -0.15) is 0 Å². The Morgan fingerprint density at radius 2 is 0.527 bits per heavy atom. The van der Waals surface area contributed by atoms with E-state index in [0.717, 1.165) is 122 Å². The van der Waals surface area contributed by atoms with Gasteiger partial charge in [0.25, 0.3) is 0 Å². The number of carbonyl (C=O) groups is 4. The van der Waals surface area contributed by atoms with E-state index in [1.165, 1.54) is 154 Å². The zero-order valence-corrected chi connectivity index (χ0v) is 60.1. The van der Waals surface area contributed by atoms with Crippen LogP contribution in [0.1, 0.15) is 355 Å². The molecule has 0 bridgehead atoms. The molecule has 0 fully saturated rings. The Hall–Kier alpha value is -2.46. The second-order valence-electron chi connectivity index (χ2n) is 25.3. The van der Waals surface area contributed by atoms with Gasteiger partial charge in [0.05, 0.1) is 26.4 Å². The molecule has 91 heavy (non-hydrogen) atoms. The predicted molar refractivity (Wildman–Crippen MR) is 368 cm³/mol. The summed E-state index contributed by atoms with van der Waals surface area (Å²) in [5.74, 6) is -2.15. The fourth-order valence-corrected chi connectivity index (χ4v) is 12.1. The number of ether oxygens (including phenoxy) is 4. The van der Waals surface area contributed by atoms with E-state index in [1.54, 1.807) is 0 Å². The van der Waals surface area contributed by atoms with Crippen LogP contribution in [0.5, 0.6) is 0 Å². The van der Waals surface area contributed by atoms with Gasteiger partial charge in [-0.25, -0.2) is 9.13 Å². The molecule has 5 atom stereocenters. The van der Waals surface area contributed by atoms with Crippen LogP contribution in [0.4, 0.5) is 0 Å². The number of hydrogen-bond donors (Lipinski definition) is 3. The second-order valence-corrected chi connectivity index (χ2v) is 28.2. The number of phosphoric acid groups is 2. The third-order valence-corrected chi connectivity index (χ3v) is 18.1. The molecule has 0 aromatic carbocycles. The van der Waals surface area contributed by atoms with Crippen molar-refractivity contribution in [1.82, 2.24) is 0 Å². The molecule has 0 aliphatic carbocycles. The van der Waals surface area contributed by atoms with Crippen molar-refractivity contribution < 1.29 is 80.2 Å². The zero-order valence-electron chi connectivity index (χ0n) is 58.3. The number of allylic oxidation sites excluding steroid dienone is 4. The number of esters is 4. The molecule has 0 aromatic rings. The lowest BCUT2D eigenvalue weighted by atomic mass is 10.0. The van der Waals surface area contributed by atoms with E-state index in [-0.39, 0.29) is 25.7 Å². The predicted octanol–water partition coefficient (Wildman–Crippen LogP) is 20.6. The van der Waals surface area contributed by atoms with Gasteiger partial charge in [-0.3, -0.25) is 37.3 Å². The fraction of sp³-hybridized carbons (Fsp3) is 0.889. The smallest absolute Gasteiger partial charge is 0.462 e. The maximum Gasteiger partial charge on any atom is 0.472 e. The molecule has 0 amide bonds. The van der Waals surface area contributed by atoms with Crippen LogP contribution < -0.4 is 0 Å². The number of phosphoric ester groups is 2. The van der Waals surface area contributed by atoms with Crippen LogP contribution in [0.3, 0.4) is 0 Å². The van der Waals surface area contributed by atoms with E-state index in [1.807, 2.05) is 0 Å². The molecule has 0 radical (unpaired) electrons. The molecule has 17 nitrogen and oxygen atoms in total. The summed E-state index contributed by atoms with van der Waals surface area (Å²) in [7, 11) is -9.91. The van der Waals surface area contributed by atoms with Gasteiger partial charge in [0.15, 0.2) is 12.2 Å². The fourth-order valence-electron chi connectivity index (χ4n) is 10.5. The highest BCUT2D eigenvalue weighted by Gasteiger charge is 2.30. The van der Waals surface area contributed by atoms with Crippen molar-refractivity contribution in [1.29, 1.82) is 0 Å². The molecule has 0 spiro atoms. The van der Waals surface area contributed by atoms with Crippen molar-refractivity contribution >= 4 is 39.5 Å². The molecule has 2 unspecified atom stereocenters. The molecule has 0 aliphatic rings. The van der Waals surface area contributed by atoms with E-state index in [9.17, 15) is 43.2 Å². The van der Waals surface area contributed by atoms with Crippen LogP contribution in [-0.2, 0) is 65.4 Å². The van der Waals surface area contributed by atoms with Crippen LogP contribution in [0.15, 0.2) is 24.3 Å². The highest BCUT2D eigenvalue weighted by atomic mass is 31.2. The van der Waals surface area contributed by atoms with Crippen LogP contribution in [0.2, 0.25) is 0 Å². The molecule has 19 heteroatoms. The number of rotatable bonds is 71. The Morgan fingerprint density at radius 1 is 0.308 bits per heavy atom. The largest absolute Gasteiger partial charge is 0.472 e. The Balaban J connectivity index is 5.23. The molecule has 0 heterocycles. The van der Waals surface area contributed by atoms with Gasteiger partial charge in [0.1, 0.15) is 19.3 Å². The Kier molecular flexibility index (Phi) is 64.4. The Labute approximate surface area is 554 Å². The molecule has 0 aromatic heterocycles. The van der Waals surface area contributed by atoms with Gasteiger partial charge in [0, 0.05) is 25.7 Å². The van der Waals surface area contributed by atoms with E-state index < -0.39 is 97.5 Å². The highest BCUT2D eigenvalue weighted by Crippen LogP contribution is 2.45. The van der Waals surface area contributed by atoms with Crippen LogP contribution in [0.25, 0.3) is 0 Å². The topological polar surface area (TPSA) is 237 Å². The van der Waals surface area contributed by atoms with Gasteiger partial charge >= 0.3 is 39.5 Å². The van der Waals surface area contributed by atoms with Gasteiger partial charge in [-0.1, -0.05) is 302 Å². The maximum atomic E-state index is 13.0. The van der Waals surface area contributed by atoms with E-state index >= 15 is 0 Å². The van der Waals surface area contributed by atoms with Crippen molar-refractivity contribution in [3.63, 3.8) is 0 Å². The van der Waals surface area contributed by atoms with Gasteiger partial charge in [0.2, 0.25) is 0 Å². The summed E-state index contributed by atoms with van der Waals surface area (Å²) in [5.41, 5.74) is 0. The van der Waals surface area contributed by atoms with Crippen molar-refractivity contribution in [3.05, 3.63) is 24.3 Å². The van der Waals surface area contributed by atoms with Crippen molar-refractivity contribution in [3.8, 4) is 0 Å². The van der Waals surface area contributed by atoms with Crippen molar-refractivity contribution in [2.45, 2.75) is 373 Å². The maximum absolute atomic E-state index is 13.0. The van der Waals surface area contributed by atoms with Gasteiger partial charge < -0.3 is 33.8 Å². The number of aliphatic hydroxyl groups excluding tert-OH is 1. The second kappa shape index (κ2) is 66.2. The first-order chi connectivity index (χ1) is 44.2. The zero-order chi connectivity index (χ0) is 66.8. The third kappa shape index (κ3) is 66.0. The highest BCUT2D eigenvalue weighted by molar-refractivity contribution is 7.47. The summed E-state index contributed by atoms with van der Waals surface area (Å²) in [4.78, 5) is 72.5. The average molecular weight is 1340 g/mol. The Morgan fingerprint density at radius 3 is 0.802 bits per heavy atom.